The van der Waals surface area contributed by atoms with Gasteiger partial charge in [-0.2, -0.15) is 0 Å². The molecule has 3 rings (SSSR count). The van der Waals surface area contributed by atoms with Crippen LogP contribution in [-0.2, 0) is 6.42 Å². The minimum absolute atomic E-state index is 0.130. The van der Waals surface area contributed by atoms with Gasteiger partial charge >= 0.3 is 0 Å². The minimum Gasteiger partial charge on any atom is -0.461 e. The molecule has 0 saturated carbocycles. The molecule has 17 heavy (non-hydrogen) atoms. The Balaban J connectivity index is 2.10. The molecule has 92 valence electrons. The van der Waals surface area contributed by atoms with Crippen LogP contribution in [0.3, 0.4) is 0 Å². The smallest absolute Gasteiger partial charge is 0.201 e. The van der Waals surface area contributed by atoms with Gasteiger partial charge in [0.25, 0.3) is 0 Å². The molecular weight excluding hydrogens is 212 g/mol. The molecule has 0 radical (unpaired) electrons. The summed E-state index contributed by atoms with van der Waals surface area (Å²) in [6.45, 7) is 6.65. The second kappa shape index (κ2) is 3.72. The maximum absolute atomic E-state index is 12.1. The molecule has 0 saturated heterocycles. The van der Waals surface area contributed by atoms with Crippen LogP contribution in [0.5, 0.6) is 0 Å². The molecule has 0 spiro atoms. The van der Waals surface area contributed by atoms with Crippen molar-refractivity contribution in [2.75, 3.05) is 0 Å². The van der Waals surface area contributed by atoms with Crippen LogP contribution in [0, 0.1) is 17.8 Å². The highest BCUT2D eigenvalue weighted by molar-refractivity contribution is 5.98. The van der Waals surface area contributed by atoms with Gasteiger partial charge in [0.1, 0.15) is 0 Å². The Bertz CT molecular complexity index is 455. The molecule has 2 aliphatic carbocycles. The topological polar surface area (TPSA) is 30.2 Å². The normalized spacial score (nSPS) is 31.8. The van der Waals surface area contributed by atoms with Gasteiger partial charge in [-0.15, -0.1) is 0 Å². The van der Waals surface area contributed by atoms with Gasteiger partial charge in [-0.05, 0) is 42.6 Å². The summed E-state index contributed by atoms with van der Waals surface area (Å²) >= 11 is 0. The number of aryl methyl sites for hydroxylation is 1. The monoisotopic (exact) mass is 232 g/mol. The summed E-state index contributed by atoms with van der Waals surface area (Å²) in [6.07, 6.45) is 5.17. The summed E-state index contributed by atoms with van der Waals surface area (Å²) in [5.41, 5.74) is 2.56. The molecule has 2 aliphatic rings. The van der Waals surface area contributed by atoms with Gasteiger partial charge in [-0.3, -0.25) is 4.79 Å². The van der Waals surface area contributed by atoms with Crippen molar-refractivity contribution in [3.8, 4) is 0 Å². The molecule has 0 N–H and O–H groups in total. The highest BCUT2D eigenvalue weighted by Crippen LogP contribution is 2.49. The molecule has 0 unspecified atom stereocenters. The number of carbonyl (C=O) groups excluding carboxylic acids is 1. The van der Waals surface area contributed by atoms with Crippen molar-refractivity contribution < 1.29 is 9.21 Å². The van der Waals surface area contributed by atoms with Crippen LogP contribution >= 0.6 is 0 Å². The first-order chi connectivity index (χ1) is 8.09. The summed E-state index contributed by atoms with van der Waals surface area (Å²) < 4.78 is 5.55. The zero-order valence-electron chi connectivity index (χ0n) is 10.8. The molecule has 1 aromatic heterocycles. The number of rotatable bonds is 1. The van der Waals surface area contributed by atoms with E-state index in [2.05, 4.69) is 13.8 Å². The average Bonchev–Trinajstić information content (AvgIpc) is 2.71. The van der Waals surface area contributed by atoms with Crippen LogP contribution in [0.1, 0.15) is 61.2 Å². The van der Waals surface area contributed by atoms with Crippen LogP contribution in [0.2, 0.25) is 0 Å². The molecule has 0 bridgehead atoms. The van der Waals surface area contributed by atoms with Crippen LogP contribution < -0.4 is 0 Å². The van der Waals surface area contributed by atoms with Gasteiger partial charge in [-0.25, -0.2) is 0 Å². The molecule has 1 heterocycles. The van der Waals surface area contributed by atoms with Crippen molar-refractivity contribution in [3.63, 3.8) is 0 Å². The summed E-state index contributed by atoms with van der Waals surface area (Å²) in [5.74, 6) is 2.98. The second-order valence-corrected chi connectivity index (χ2v) is 6.06. The van der Waals surface area contributed by atoms with Gasteiger partial charge in [0, 0.05) is 11.5 Å². The Labute approximate surface area is 102 Å². The van der Waals surface area contributed by atoms with E-state index in [1.54, 1.807) is 0 Å². The van der Waals surface area contributed by atoms with Crippen molar-refractivity contribution >= 4 is 5.78 Å². The first kappa shape index (κ1) is 11.1. The predicted molar refractivity (Wildman–Crippen MR) is 66.2 cm³/mol. The van der Waals surface area contributed by atoms with Gasteiger partial charge in [0.2, 0.25) is 5.78 Å². The minimum atomic E-state index is 0.130. The van der Waals surface area contributed by atoms with Gasteiger partial charge < -0.3 is 4.42 Å². The Morgan fingerprint density at radius 1 is 1.41 bits per heavy atom. The lowest BCUT2D eigenvalue weighted by Crippen LogP contribution is -2.32. The molecule has 0 fully saturated rings. The third-order valence-electron chi connectivity index (χ3n) is 4.68. The second-order valence-electron chi connectivity index (χ2n) is 6.06. The largest absolute Gasteiger partial charge is 0.461 e. The lowest BCUT2D eigenvalue weighted by molar-refractivity contribution is 0.0851. The van der Waals surface area contributed by atoms with Gasteiger partial charge in [-0.1, -0.05) is 20.8 Å². The Hall–Kier alpha value is -1.05. The first-order valence-electron chi connectivity index (χ1n) is 6.74. The van der Waals surface area contributed by atoms with Crippen molar-refractivity contribution in [2.45, 2.75) is 46.0 Å². The summed E-state index contributed by atoms with van der Waals surface area (Å²) in [7, 11) is 0. The van der Waals surface area contributed by atoms with Crippen molar-refractivity contribution in [1.82, 2.24) is 0 Å². The number of ketones is 1. The van der Waals surface area contributed by atoms with E-state index in [0.717, 1.165) is 18.8 Å². The third-order valence-corrected chi connectivity index (χ3v) is 4.68. The van der Waals surface area contributed by atoms with E-state index in [9.17, 15) is 4.79 Å². The maximum atomic E-state index is 12.1. The molecule has 2 heteroatoms. The lowest BCUT2D eigenvalue weighted by atomic mass is 9.65. The lowest BCUT2D eigenvalue weighted by Gasteiger charge is -2.38. The third kappa shape index (κ3) is 1.50. The van der Waals surface area contributed by atoms with E-state index in [-0.39, 0.29) is 11.7 Å². The summed E-state index contributed by atoms with van der Waals surface area (Å²) in [5, 5.41) is 0. The predicted octanol–water partition coefficient (Wildman–Crippen LogP) is 3.80. The Morgan fingerprint density at radius 3 is 2.88 bits per heavy atom. The van der Waals surface area contributed by atoms with Crippen LogP contribution in [0.25, 0.3) is 0 Å². The van der Waals surface area contributed by atoms with Crippen molar-refractivity contribution in [1.29, 1.82) is 0 Å². The first-order valence-corrected chi connectivity index (χ1v) is 6.74. The zero-order chi connectivity index (χ0) is 12.2. The van der Waals surface area contributed by atoms with Gasteiger partial charge in [0.05, 0.1) is 6.26 Å². The number of hydrogen-bond donors (Lipinski definition) is 0. The number of Topliss-reactive ketones (excluding diaryl/α,β-unsaturated/α-hetero) is 1. The van der Waals surface area contributed by atoms with Gasteiger partial charge in [0.15, 0.2) is 5.76 Å². The SMILES string of the molecule is CC(C)[C@@H]1CCc2coc3c2[C@H]1C[C@H](C)C3=O. The van der Waals surface area contributed by atoms with E-state index in [4.69, 9.17) is 4.42 Å². The van der Waals surface area contributed by atoms with Crippen molar-refractivity contribution in [3.05, 3.63) is 23.2 Å². The van der Waals surface area contributed by atoms with Crippen LogP contribution in [0.15, 0.2) is 10.7 Å². The highest BCUT2D eigenvalue weighted by atomic mass is 16.3. The molecule has 0 aromatic carbocycles. The molecule has 0 aliphatic heterocycles. The molecular formula is C15H20O2. The molecule has 0 amide bonds. The quantitative estimate of drug-likeness (QED) is 0.737. The Kier molecular flexibility index (Phi) is 2.42. The van der Waals surface area contributed by atoms with Crippen molar-refractivity contribution in [2.24, 2.45) is 17.8 Å². The number of furan rings is 1. The molecule has 1 aromatic rings. The van der Waals surface area contributed by atoms with Crippen LogP contribution in [0.4, 0.5) is 0 Å². The number of carbonyl (C=O) groups is 1. The summed E-state index contributed by atoms with van der Waals surface area (Å²) in [4.78, 5) is 12.1. The number of hydrogen-bond acceptors (Lipinski definition) is 2. The maximum Gasteiger partial charge on any atom is 0.201 e. The fourth-order valence-electron chi connectivity index (χ4n) is 3.73. The zero-order valence-corrected chi connectivity index (χ0v) is 10.8. The van der Waals surface area contributed by atoms with Crippen LogP contribution in [-0.4, -0.2) is 5.78 Å². The standard InChI is InChI=1S/C15H20O2/c1-8(2)11-5-4-10-7-17-15-13(10)12(11)6-9(3)14(15)16/h7-9,11-12H,4-6H2,1-3H3/t9-,11-,12-/m0/s1. The fraction of sp³-hybridized carbons (Fsp3) is 0.667. The molecule has 3 atom stereocenters. The van der Waals surface area contributed by atoms with E-state index in [0.29, 0.717) is 17.6 Å². The van der Waals surface area contributed by atoms with E-state index in [1.165, 1.54) is 17.5 Å². The summed E-state index contributed by atoms with van der Waals surface area (Å²) in [6, 6.07) is 0. The Morgan fingerprint density at radius 2 is 2.18 bits per heavy atom. The fourth-order valence-corrected chi connectivity index (χ4v) is 3.73. The van der Waals surface area contributed by atoms with E-state index < -0.39 is 0 Å². The molecule has 2 nitrogen and oxygen atoms in total. The van der Waals surface area contributed by atoms with E-state index in [1.807, 2.05) is 13.2 Å². The highest BCUT2D eigenvalue weighted by Gasteiger charge is 2.42. The van der Waals surface area contributed by atoms with E-state index >= 15 is 0 Å². The average molecular weight is 232 g/mol.